The summed E-state index contributed by atoms with van der Waals surface area (Å²) >= 11 is 0. The summed E-state index contributed by atoms with van der Waals surface area (Å²) in [5.41, 5.74) is 1.06. The van der Waals surface area contributed by atoms with E-state index in [0.717, 1.165) is 16.3 Å². The minimum atomic E-state index is 0.350. The number of rotatable bonds is 0. The first-order chi connectivity index (χ1) is 10.3. The van der Waals surface area contributed by atoms with Crippen molar-refractivity contribution >= 4 is 21.7 Å². The van der Waals surface area contributed by atoms with E-state index in [9.17, 15) is 5.11 Å². The predicted molar refractivity (Wildman–Crippen MR) is 87.4 cm³/mol. The van der Waals surface area contributed by atoms with Crippen LogP contribution in [-0.4, -0.2) is 10.1 Å². The molecule has 0 aliphatic heterocycles. The van der Waals surface area contributed by atoms with Gasteiger partial charge < -0.3 is 5.11 Å². The van der Waals surface area contributed by atoms with Crippen molar-refractivity contribution in [2.75, 3.05) is 0 Å². The number of pyridine rings is 1. The number of phenolic OH excluding ortho intramolecular Hbond substituents is 1. The topological polar surface area (TPSA) is 33.1 Å². The number of hydrogen-bond acceptors (Lipinski definition) is 2. The van der Waals surface area contributed by atoms with Crippen LogP contribution in [0.4, 0.5) is 0 Å². The van der Waals surface area contributed by atoms with Crippen molar-refractivity contribution in [2.24, 2.45) is 0 Å². The lowest BCUT2D eigenvalue weighted by Crippen LogP contribution is -1.73. The van der Waals surface area contributed by atoms with Crippen molar-refractivity contribution in [1.29, 1.82) is 0 Å². The molecule has 0 amide bonds. The average Bonchev–Trinajstić information content (AvgIpc) is 2.56. The lowest BCUT2D eigenvalue weighted by molar-refractivity contribution is 0.481. The molecule has 2 heteroatoms. The lowest BCUT2D eigenvalue weighted by atomic mass is 10.1. The SMILES string of the molecule is Oc1cccc2ccccc12.c1ccc2ncccc2c1. The third-order valence-corrected chi connectivity index (χ3v) is 3.28. The van der Waals surface area contributed by atoms with Gasteiger partial charge >= 0.3 is 0 Å². The molecule has 4 aromatic rings. The summed E-state index contributed by atoms with van der Waals surface area (Å²) in [6.45, 7) is 0. The Morgan fingerprint density at radius 2 is 1.29 bits per heavy atom. The van der Waals surface area contributed by atoms with Gasteiger partial charge in [-0.3, -0.25) is 4.98 Å². The molecule has 21 heavy (non-hydrogen) atoms. The molecule has 0 spiro atoms. The van der Waals surface area contributed by atoms with Gasteiger partial charge in [-0.2, -0.15) is 0 Å². The van der Waals surface area contributed by atoms with Crippen LogP contribution in [0.1, 0.15) is 0 Å². The molecule has 1 N–H and O–H groups in total. The largest absolute Gasteiger partial charge is 0.507 e. The summed E-state index contributed by atoms with van der Waals surface area (Å²) in [4.78, 5) is 4.18. The highest BCUT2D eigenvalue weighted by molar-refractivity contribution is 5.87. The Bertz CT molecular complexity index is 800. The fourth-order valence-corrected chi connectivity index (χ4v) is 2.22. The molecule has 0 fully saturated rings. The number of para-hydroxylation sites is 1. The molecule has 0 saturated heterocycles. The van der Waals surface area contributed by atoms with Gasteiger partial charge in [0.1, 0.15) is 5.75 Å². The Morgan fingerprint density at radius 1 is 0.619 bits per heavy atom. The second-order valence-electron chi connectivity index (χ2n) is 4.69. The predicted octanol–water partition coefficient (Wildman–Crippen LogP) is 4.78. The van der Waals surface area contributed by atoms with E-state index >= 15 is 0 Å². The zero-order chi connectivity index (χ0) is 14.5. The maximum atomic E-state index is 9.37. The van der Waals surface area contributed by atoms with E-state index in [1.165, 1.54) is 5.39 Å². The van der Waals surface area contributed by atoms with Gasteiger partial charge in [0.05, 0.1) is 5.52 Å². The first-order valence-electron chi connectivity index (χ1n) is 6.81. The number of nitrogens with zero attached hydrogens (tertiary/aromatic N) is 1. The van der Waals surface area contributed by atoms with E-state index in [0.29, 0.717) is 5.75 Å². The van der Waals surface area contributed by atoms with Crippen LogP contribution >= 0.6 is 0 Å². The Hall–Kier alpha value is -2.87. The van der Waals surface area contributed by atoms with Crippen molar-refractivity contribution in [3.63, 3.8) is 0 Å². The molecule has 2 nitrogen and oxygen atoms in total. The fourth-order valence-electron chi connectivity index (χ4n) is 2.22. The molecule has 0 bridgehead atoms. The van der Waals surface area contributed by atoms with Crippen LogP contribution < -0.4 is 0 Å². The highest BCUT2D eigenvalue weighted by Gasteiger charge is 1.94. The summed E-state index contributed by atoms with van der Waals surface area (Å²) in [5, 5.41) is 12.6. The molecule has 1 aromatic heterocycles. The number of benzene rings is 3. The molecule has 1 heterocycles. The van der Waals surface area contributed by atoms with Crippen LogP contribution in [0, 0.1) is 0 Å². The van der Waals surface area contributed by atoms with Crippen LogP contribution in [0.25, 0.3) is 21.7 Å². The quantitative estimate of drug-likeness (QED) is 0.500. The van der Waals surface area contributed by atoms with E-state index in [1.807, 2.05) is 66.9 Å². The second kappa shape index (κ2) is 6.06. The molecule has 0 radical (unpaired) electrons. The van der Waals surface area contributed by atoms with Gasteiger partial charge in [-0.25, -0.2) is 0 Å². The van der Waals surface area contributed by atoms with Crippen LogP contribution in [0.2, 0.25) is 0 Å². The number of aromatic nitrogens is 1. The van der Waals surface area contributed by atoms with Gasteiger partial charge in [0.15, 0.2) is 0 Å². The van der Waals surface area contributed by atoms with Gasteiger partial charge in [-0.05, 0) is 23.6 Å². The summed E-state index contributed by atoms with van der Waals surface area (Å²) in [7, 11) is 0. The maximum Gasteiger partial charge on any atom is 0.123 e. The molecule has 0 saturated carbocycles. The molecule has 0 unspecified atom stereocenters. The first-order valence-corrected chi connectivity index (χ1v) is 6.81. The van der Waals surface area contributed by atoms with Crippen LogP contribution in [0.15, 0.2) is 85.1 Å². The standard InChI is InChI=1S/C10H8O.C9H7N/c11-10-7-3-5-8-4-1-2-6-9(8)10;1-2-6-9-8(4-1)5-3-7-10-9/h1-7,11H;1-7H. The van der Waals surface area contributed by atoms with Crippen molar-refractivity contribution in [1.82, 2.24) is 4.98 Å². The van der Waals surface area contributed by atoms with Crippen molar-refractivity contribution < 1.29 is 5.11 Å². The van der Waals surface area contributed by atoms with Crippen molar-refractivity contribution in [3.05, 3.63) is 85.1 Å². The fraction of sp³-hybridized carbons (Fsp3) is 0. The molecular formula is C19H15NO. The van der Waals surface area contributed by atoms with Gasteiger partial charge in [0.2, 0.25) is 0 Å². The Labute approximate surface area is 123 Å². The van der Waals surface area contributed by atoms with Gasteiger partial charge in [-0.1, -0.05) is 60.7 Å². The molecule has 4 rings (SSSR count). The maximum absolute atomic E-state index is 9.37. The zero-order valence-electron chi connectivity index (χ0n) is 11.5. The summed E-state index contributed by atoms with van der Waals surface area (Å²) in [6, 6.07) is 25.4. The summed E-state index contributed by atoms with van der Waals surface area (Å²) in [6.07, 6.45) is 1.81. The molecule has 102 valence electrons. The molecule has 3 aromatic carbocycles. The van der Waals surface area contributed by atoms with Crippen molar-refractivity contribution in [2.45, 2.75) is 0 Å². The third-order valence-electron chi connectivity index (χ3n) is 3.28. The van der Waals surface area contributed by atoms with E-state index in [4.69, 9.17) is 0 Å². The third kappa shape index (κ3) is 3.00. The monoisotopic (exact) mass is 273 g/mol. The van der Waals surface area contributed by atoms with Gasteiger partial charge in [0.25, 0.3) is 0 Å². The first kappa shape index (κ1) is 13.1. The summed E-state index contributed by atoms with van der Waals surface area (Å²) in [5.74, 6) is 0.350. The highest BCUT2D eigenvalue weighted by atomic mass is 16.3. The molecule has 0 aliphatic carbocycles. The van der Waals surface area contributed by atoms with E-state index in [-0.39, 0.29) is 0 Å². The van der Waals surface area contributed by atoms with E-state index in [2.05, 4.69) is 17.1 Å². The smallest absolute Gasteiger partial charge is 0.123 e. The lowest BCUT2D eigenvalue weighted by Gasteiger charge is -1.97. The van der Waals surface area contributed by atoms with Gasteiger partial charge in [0, 0.05) is 17.0 Å². The minimum Gasteiger partial charge on any atom is -0.507 e. The minimum absolute atomic E-state index is 0.350. The number of fused-ring (bicyclic) bond motifs is 2. The highest BCUT2D eigenvalue weighted by Crippen LogP contribution is 2.22. The van der Waals surface area contributed by atoms with Crippen LogP contribution in [0.3, 0.4) is 0 Å². The Balaban J connectivity index is 0.000000126. The van der Waals surface area contributed by atoms with Crippen LogP contribution in [-0.2, 0) is 0 Å². The Morgan fingerprint density at radius 3 is 2.10 bits per heavy atom. The van der Waals surface area contributed by atoms with Crippen LogP contribution in [0.5, 0.6) is 5.75 Å². The second-order valence-corrected chi connectivity index (χ2v) is 4.69. The number of aromatic hydroxyl groups is 1. The van der Waals surface area contributed by atoms with Gasteiger partial charge in [-0.15, -0.1) is 0 Å². The Kier molecular flexibility index (Phi) is 3.79. The number of hydrogen-bond donors (Lipinski definition) is 1. The van der Waals surface area contributed by atoms with Crippen molar-refractivity contribution in [3.8, 4) is 5.75 Å². The summed E-state index contributed by atoms with van der Waals surface area (Å²) < 4.78 is 0. The average molecular weight is 273 g/mol. The van der Waals surface area contributed by atoms with E-state index < -0.39 is 0 Å². The normalized spacial score (nSPS) is 10.1. The molecule has 0 aliphatic rings. The molecular weight excluding hydrogens is 258 g/mol. The molecule has 0 atom stereocenters. The number of phenols is 1. The zero-order valence-corrected chi connectivity index (χ0v) is 11.5. The van der Waals surface area contributed by atoms with E-state index in [1.54, 1.807) is 6.07 Å².